The monoisotopic (exact) mass is 293 g/mol. The second kappa shape index (κ2) is 5.21. The first kappa shape index (κ1) is 13.1. The Bertz CT molecular complexity index is 635. The fourth-order valence-corrected chi connectivity index (χ4v) is 4.29. The highest BCUT2D eigenvalue weighted by atomic mass is 32.1. The van der Waals surface area contributed by atoms with E-state index in [0.29, 0.717) is 0 Å². The molecule has 0 saturated heterocycles. The van der Waals surface area contributed by atoms with E-state index in [2.05, 4.69) is 34.0 Å². The third-order valence-corrected chi connectivity index (χ3v) is 5.21. The summed E-state index contributed by atoms with van der Waals surface area (Å²) in [6.45, 7) is 5.45. The van der Waals surface area contributed by atoms with Gasteiger partial charge < -0.3 is 4.57 Å². The van der Waals surface area contributed by atoms with E-state index in [1.54, 1.807) is 4.88 Å². The van der Waals surface area contributed by atoms with Crippen LogP contribution in [0.2, 0.25) is 0 Å². The fraction of sp³-hybridized carbons (Fsp3) is 0.571. The van der Waals surface area contributed by atoms with Crippen LogP contribution in [0, 0.1) is 10.7 Å². The second-order valence-electron chi connectivity index (χ2n) is 5.40. The van der Waals surface area contributed by atoms with Crippen molar-refractivity contribution in [1.29, 1.82) is 0 Å². The van der Waals surface area contributed by atoms with Gasteiger partial charge in [0.25, 0.3) is 0 Å². The molecule has 0 bridgehead atoms. The molecule has 0 aromatic carbocycles. The summed E-state index contributed by atoms with van der Waals surface area (Å²) in [6, 6.07) is 0. The van der Waals surface area contributed by atoms with E-state index in [-0.39, 0.29) is 0 Å². The summed E-state index contributed by atoms with van der Waals surface area (Å²) in [6.07, 6.45) is 4.76. The molecule has 0 spiro atoms. The van der Waals surface area contributed by atoms with Gasteiger partial charge in [-0.2, -0.15) is 5.10 Å². The summed E-state index contributed by atoms with van der Waals surface area (Å²) in [5.41, 5.74) is 2.81. The molecule has 2 aromatic heterocycles. The zero-order valence-corrected chi connectivity index (χ0v) is 13.0. The number of fused-ring (bicyclic) bond motifs is 1. The first-order chi connectivity index (χ1) is 9.20. The number of thiophene rings is 1. The molecule has 1 atom stereocenters. The van der Waals surface area contributed by atoms with Gasteiger partial charge in [-0.1, -0.05) is 13.8 Å². The van der Waals surface area contributed by atoms with Crippen LogP contribution in [-0.2, 0) is 19.4 Å². The van der Waals surface area contributed by atoms with Crippen molar-refractivity contribution in [1.82, 2.24) is 14.8 Å². The van der Waals surface area contributed by atoms with Gasteiger partial charge in [0.15, 0.2) is 10.6 Å². The third kappa shape index (κ3) is 2.30. The van der Waals surface area contributed by atoms with Gasteiger partial charge in [0.2, 0.25) is 0 Å². The molecule has 2 aromatic rings. The maximum Gasteiger partial charge on any atom is 0.195 e. The van der Waals surface area contributed by atoms with Crippen LogP contribution in [0.15, 0.2) is 5.38 Å². The van der Waals surface area contributed by atoms with Crippen LogP contribution >= 0.6 is 23.6 Å². The maximum absolute atomic E-state index is 5.33. The normalized spacial score (nSPS) is 18.5. The Labute approximate surface area is 122 Å². The van der Waals surface area contributed by atoms with Gasteiger partial charge in [0, 0.05) is 22.4 Å². The maximum atomic E-state index is 5.33. The van der Waals surface area contributed by atoms with E-state index in [1.807, 2.05) is 11.3 Å². The first-order valence-electron chi connectivity index (χ1n) is 6.95. The van der Waals surface area contributed by atoms with Crippen molar-refractivity contribution < 1.29 is 0 Å². The molecular formula is C14H19N3S2. The molecule has 0 radical (unpaired) electrons. The molecule has 1 unspecified atom stereocenters. The second-order valence-corrected chi connectivity index (χ2v) is 6.75. The lowest BCUT2D eigenvalue weighted by Gasteiger charge is -2.19. The van der Waals surface area contributed by atoms with Crippen molar-refractivity contribution in [2.24, 2.45) is 5.92 Å². The summed E-state index contributed by atoms with van der Waals surface area (Å²) in [5, 5.41) is 9.67. The molecule has 1 aliphatic rings. The van der Waals surface area contributed by atoms with E-state index < -0.39 is 0 Å². The molecular weight excluding hydrogens is 274 g/mol. The van der Waals surface area contributed by atoms with E-state index in [0.717, 1.165) is 29.5 Å². The average molecular weight is 293 g/mol. The van der Waals surface area contributed by atoms with Gasteiger partial charge in [0.1, 0.15) is 0 Å². The van der Waals surface area contributed by atoms with E-state index in [4.69, 9.17) is 12.2 Å². The number of aromatic nitrogens is 3. The Morgan fingerprint density at radius 1 is 1.58 bits per heavy atom. The summed E-state index contributed by atoms with van der Waals surface area (Å²) in [4.78, 5) is 1.55. The number of nitrogens with zero attached hydrogens (tertiary/aromatic N) is 2. The Morgan fingerprint density at radius 3 is 3.21 bits per heavy atom. The Kier molecular flexibility index (Phi) is 3.58. The highest BCUT2D eigenvalue weighted by Gasteiger charge is 2.22. The van der Waals surface area contributed by atoms with Crippen LogP contribution in [0.25, 0.3) is 11.4 Å². The lowest BCUT2D eigenvalue weighted by atomic mass is 9.88. The Hall–Kier alpha value is -0.940. The fourth-order valence-electron chi connectivity index (χ4n) is 2.82. The minimum absolute atomic E-state index is 0.737. The van der Waals surface area contributed by atoms with Crippen molar-refractivity contribution in [3.63, 3.8) is 0 Å². The molecule has 1 N–H and O–H groups in total. The predicted octanol–water partition coefficient (Wildman–Crippen LogP) is 4.20. The van der Waals surface area contributed by atoms with E-state index in [1.165, 1.54) is 30.4 Å². The minimum Gasteiger partial charge on any atom is -0.300 e. The lowest BCUT2D eigenvalue weighted by molar-refractivity contribution is 0.508. The highest BCUT2D eigenvalue weighted by Crippen LogP contribution is 2.37. The van der Waals surface area contributed by atoms with Crippen LogP contribution in [0.4, 0.5) is 0 Å². The molecule has 0 fully saturated rings. The predicted molar refractivity (Wildman–Crippen MR) is 82.2 cm³/mol. The van der Waals surface area contributed by atoms with Crippen molar-refractivity contribution in [2.75, 3.05) is 0 Å². The highest BCUT2D eigenvalue weighted by molar-refractivity contribution is 7.71. The van der Waals surface area contributed by atoms with Crippen LogP contribution in [-0.4, -0.2) is 14.8 Å². The van der Waals surface area contributed by atoms with Crippen molar-refractivity contribution in [2.45, 2.75) is 46.1 Å². The van der Waals surface area contributed by atoms with Crippen LogP contribution in [0.1, 0.15) is 37.1 Å². The first-order valence-corrected chi connectivity index (χ1v) is 8.24. The van der Waals surface area contributed by atoms with Gasteiger partial charge >= 0.3 is 0 Å². The Morgan fingerprint density at radius 2 is 2.42 bits per heavy atom. The molecule has 0 aliphatic heterocycles. The molecule has 2 heterocycles. The molecule has 1 aliphatic carbocycles. The minimum atomic E-state index is 0.737. The van der Waals surface area contributed by atoms with E-state index >= 15 is 0 Å². The largest absolute Gasteiger partial charge is 0.300 e. The SMILES string of the molecule is CCCn1c(-c2csc3c2CCC(C)C3)n[nH]c1=S. The van der Waals surface area contributed by atoms with Crippen molar-refractivity contribution in [3.05, 3.63) is 20.6 Å². The summed E-state index contributed by atoms with van der Waals surface area (Å²) < 4.78 is 2.87. The molecule has 102 valence electrons. The van der Waals surface area contributed by atoms with Crippen LogP contribution in [0.3, 0.4) is 0 Å². The van der Waals surface area contributed by atoms with Gasteiger partial charge in [-0.15, -0.1) is 11.3 Å². The number of hydrogen-bond donors (Lipinski definition) is 1. The summed E-state index contributed by atoms with van der Waals surface area (Å²) in [7, 11) is 0. The lowest BCUT2D eigenvalue weighted by Crippen LogP contribution is -2.10. The van der Waals surface area contributed by atoms with Gasteiger partial charge in [0.05, 0.1) is 0 Å². The number of hydrogen-bond acceptors (Lipinski definition) is 3. The van der Waals surface area contributed by atoms with Crippen molar-refractivity contribution >= 4 is 23.6 Å². The van der Waals surface area contributed by atoms with Crippen LogP contribution < -0.4 is 0 Å². The van der Waals surface area contributed by atoms with Gasteiger partial charge in [-0.3, -0.25) is 5.10 Å². The number of nitrogens with one attached hydrogen (secondary N) is 1. The zero-order chi connectivity index (χ0) is 13.4. The van der Waals surface area contributed by atoms with Crippen LogP contribution in [0.5, 0.6) is 0 Å². The third-order valence-electron chi connectivity index (χ3n) is 3.85. The van der Waals surface area contributed by atoms with Gasteiger partial charge in [-0.25, -0.2) is 0 Å². The Balaban J connectivity index is 2.06. The van der Waals surface area contributed by atoms with Gasteiger partial charge in [-0.05, 0) is 49.4 Å². The standard InChI is InChI=1S/C14H19N3S2/c1-3-6-17-13(15-16-14(17)18)11-8-19-12-7-9(2)4-5-10(11)12/h8-9H,3-7H2,1-2H3,(H,16,18). The molecule has 3 nitrogen and oxygen atoms in total. The number of rotatable bonds is 3. The number of H-pyrrole nitrogens is 1. The van der Waals surface area contributed by atoms with Crippen molar-refractivity contribution in [3.8, 4) is 11.4 Å². The molecule has 0 amide bonds. The molecule has 19 heavy (non-hydrogen) atoms. The topological polar surface area (TPSA) is 33.6 Å². The quantitative estimate of drug-likeness (QED) is 0.860. The molecule has 3 rings (SSSR count). The summed E-state index contributed by atoms with van der Waals surface area (Å²) >= 11 is 7.22. The van der Waals surface area contributed by atoms with E-state index in [9.17, 15) is 0 Å². The average Bonchev–Trinajstić information content (AvgIpc) is 2.94. The summed E-state index contributed by atoms with van der Waals surface area (Å²) in [5.74, 6) is 1.84. The molecule has 5 heteroatoms. The number of aromatic amines is 1. The molecule has 0 saturated carbocycles. The smallest absolute Gasteiger partial charge is 0.195 e. The zero-order valence-electron chi connectivity index (χ0n) is 11.4.